The number of hydrogen-bond donors (Lipinski definition) is 1. The van der Waals surface area contributed by atoms with Crippen LogP contribution in [0.3, 0.4) is 0 Å². The van der Waals surface area contributed by atoms with Gasteiger partial charge in [-0.15, -0.1) is 0 Å². The van der Waals surface area contributed by atoms with Gasteiger partial charge in [-0.3, -0.25) is 4.90 Å². The highest BCUT2D eigenvalue weighted by atomic mass is 16.5. The second kappa shape index (κ2) is 7.27. The summed E-state index contributed by atoms with van der Waals surface area (Å²) in [6.45, 7) is 11.3. The minimum Gasteiger partial charge on any atom is -0.494 e. The van der Waals surface area contributed by atoms with Gasteiger partial charge in [0, 0.05) is 23.8 Å². The van der Waals surface area contributed by atoms with Gasteiger partial charge in [-0.25, -0.2) is 0 Å². The molecule has 18 heavy (non-hydrogen) atoms. The van der Waals surface area contributed by atoms with Gasteiger partial charge in [-0.05, 0) is 51.9 Å². The Kier molecular flexibility index (Phi) is 5.99. The smallest absolute Gasteiger partial charge is 0.123 e. The summed E-state index contributed by atoms with van der Waals surface area (Å²) in [5.74, 6) is 0.952. The molecule has 0 aliphatic carbocycles. The number of nitrogens with two attached hydrogens (primary N) is 1. The summed E-state index contributed by atoms with van der Waals surface area (Å²) < 4.78 is 5.67. The minimum absolute atomic E-state index is 0.529. The van der Waals surface area contributed by atoms with Crippen LogP contribution in [-0.2, 0) is 6.54 Å². The quantitative estimate of drug-likeness (QED) is 0.755. The van der Waals surface area contributed by atoms with Crippen LogP contribution in [-0.4, -0.2) is 24.1 Å². The number of nitrogen functional groups attached to an aromatic ring is 1. The van der Waals surface area contributed by atoms with Crippen molar-refractivity contribution in [3.05, 3.63) is 23.8 Å². The fourth-order valence-electron chi connectivity index (χ4n) is 2.05. The van der Waals surface area contributed by atoms with Crippen molar-refractivity contribution in [2.45, 2.75) is 46.7 Å². The average molecular weight is 250 g/mol. The molecule has 102 valence electrons. The summed E-state index contributed by atoms with van der Waals surface area (Å²) in [6, 6.07) is 6.42. The predicted octanol–water partition coefficient (Wildman–Crippen LogP) is 3.29. The molecule has 1 rings (SSSR count). The first-order valence-corrected chi connectivity index (χ1v) is 6.83. The van der Waals surface area contributed by atoms with Crippen LogP contribution in [0.2, 0.25) is 0 Å². The van der Waals surface area contributed by atoms with Gasteiger partial charge >= 0.3 is 0 Å². The molecular formula is C15H26N2O. The van der Waals surface area contributed by atoms with E-state index in [1.54, 1.807) is 0 Å². The molecule has 0 radical (unpaired) electrons. The van der Waals surface area contributed by atoms with E-state index >= 15 is 0 Å². The van der Waals surface area contributed by atoms with Crippen molar-refractivity contribution in [3.63, 3.8) is 0 Å². The maximum absolute atomic E-state index is 5.88. The summed E-state index contributed by atoms with van der Waals surface area (Å²) in [7, 11) is 0. The molecule has 1 aromatic rings. The Morgan fingerprint density at radius 2 is 2.00 bits per heavy atom. The SMILES string of the molecule is CCCN(Cc1cc(N)ccc1OCC)C(C)C. The lowest BCUT2D eigenvalue weighted by Crippen LogP contribution is -2.31. The third kappa shape index (κ3) is 4.22. The standard InChI is InChI=1S/C15H26N2O/c1-5-9-17(12(3)4)11-13-10-14(16)7-8-15(13)18-6-2/h7-8,10,12H,5-6,9,11,16H2,1-4H3. The zero-order valence-corrected chi connectivity index (χ0v) is 12.1. The molecule has 3 heteroatoms. The Labute approximate surface area is 111 Å². The zero-order valence-electron chi connectivity index (χ0n) is 12.1. The van der Waals surface area contributed by atoms with Gasteiger partial charge in [0.2, 0.25) is 0 Å². The van der Waals surface area contributed by atoms with Gasteiger partial charge in [0.1, 0.15) is 5.75 Å². The lowest BCUT2D eigenvalue weighted by Gasteiger charge is -2.27. The molecule has 2 N–H and O–H groups in total. The highest BCUT2D eigenvalue weighted by Crippen LogP contribution is 2.24. The topological polar surface area (TPSA) is 38.5 Å². The second-order valence-corrected chi connectivity index (χ2v) is 4.86. The van der Waals surface area contributed by atoms with Crippen molar-refractivity contribution < 1.29 is 4.74 Å². The maximum Gasteiger partial charge on any atom is 0.123 e. The minimum atomic E-state index is 0.529. The van der Waals surface area contributed by atoms with E-state index in [2.05, 4.69) is 25.7 Å². The van der Waals surface area contributed by atoms with Gasteiger partial charge in [-0.1, -0.05) is 6.92 Å². The highest BCUT2D eigenvalue weighted by molar-refractivity contribution is 5.47. The van der Waals surface area contributed by atoms with Gasteiger partial charge in [0.15, 0.2) is 0 Å². The van der Waals surface area contributed by atoms with E-state index < -0.39 is 0 Å². The lowest BCUT2D eigenvalue weighted by molar-refractivity contribution is 0.209. The van der Waals surface area contributed by atoms with Crippen LogP contribution >= 0.6 is 0 Å². The summed E-state index contributed by atoms with van der Waals surface area (Å²) in [6.07, 6.45) is 1.16. The normalized spacial score (nSPS) is 11.2. The summed E-state index contributed by atoms with van der Waals surface area (Å²) in [4.78, 5) is 2.44. The van der Waals surface area contributed by atoms with E-state index in [0.29, 0.717) is 12.6 Å². The number of rotatable bonds is 7. The van der Waals surface area contributed by atoms with Gasteiger partial charge in [0.05, 0.1) is 6.61 Å². The van der Waals surface area contributed by atoms with Crippen LogP contribution in [0.5, 0.6) is 5.75 Å². The molecule has 0 fully saturated rings. The molecule has 1 aromatic carbocycles. The number of hydrogen-bond acceptors (Lipinski definition) is 3. The average Bonchev–Trinajstić information content (AvgIpc) is 2.32. The van der Waals surface area contributed by atoms with Crippen LogP contribution < -0.4 is 10.5 Å². The van der Waals surface area contributed by atoms with Crippen molar-refractivity contribution in [1.82, 2.24) is 4.90 Å². The molecule has 0 aliphatic rings. The van der Waals surface area contributed by atoms with Crippen LogP contribution in [0.1, 0.15) is 39.7 Å². The molecule has 0 atom stereocenters. The largest absolute Gasteiger partial charge is 0.494 e. The zero-order chi connectivity index (χ0) is 13.5. The van der Waals surface area contributed by atoms with E-state index in [4.69, 9.17) is 10.5 Å². The highest BCUT2D eigenvalue weighted by Gasteiger charge is 2.12. The third-order valence-corrected chi connectivity index (χ3v) is 3.00. The van der Waals surface area contributed by atoms with Gasteiger partial charge < -0.3 is 10.5 Å². The second-order valence-electron chi connectivity index (χ2n) is 4.86. The molecule has 3 nitrogen and oxygen atoms in total. The van der Waals surface area contributed by atoms with Crippen molar-refractivity contribution in [2.75, 3.05) is 18.9 Å². The van der Waals surface area contributed by atoms with Crippen LogP contribution in [0.25, 0.3) is 0 Å². The predicted molar refractivity (Wildman–Crippen MR) is 77.9 cm³/mol. The van der Waals surface area contributed by atoms with E-state index in [0.717, 1.165) is 30.9 Å². The van der Waals surface area contributed by atoms with Crippen LogP contribution in [0.4, 0.5) is 5.69 Å². The lowest BCUT2D eigenvalue weighted by atomic mass is 10.1. The van der Waals surface area contributed by atoms with Crippen LogP contribution in [0, 0.1) is 0 Å². The fourth-order valence-corrected chi connectivity index (χ4v) is 2.05. The molecule has 0 unspecified atom stereocenters. The van der Waals surface area contributed by atoms with Gasteiger partial charge in [0.25, 0.3) is 0 Å². The van der Waals surface area contributed by atoms with E-state index in [1.807, 2.05) is 25.1 Å². The molecule has 0 amide bonds. The van der Waals surface area contributed by atoms with Crippen LogP contribution in [0.15, 0.2) is 18.2 Å². The molecule has 0 saturated heterocycles. The Balaban J connectivity index is 2.88. The molecule has 0 aromatic heterocycles. The van der Waals surface area contributed by atoms with Crippen molar-refractivity contribution in [3.8, 4) is 5.75 Å². The van der Waals surface area contributed by atoms with E-state index in [9.17, 15) is 0 Å². The first kappa shape index (κ1) is 14.8. The Morgan fingerprint density at radius 3 is 2.56 bits per heavy atom. The number of nitrogens with zero attached hydrogens (tertiary/aromatic N) is 1. The number of anilines is 1. The molecule has 0 saturated carbocycles. The summed E-state index contributed by atoms with van der Waals surface area (Å²) in [5, 5.41) is 0. The van der Waals surface area contributed by atoms with Gasteiger partial charge in [-0.2, -0.15) is 0 Å². The molecule has 0 spiro atoms. The van der Waals surface area contributed by atoms with Crippen molar-refractivity contribution in [2.24, 2.45) is 0 Å². The first-order valence-electron chi connectivity index (χ1n) is 6.83. The number of ether oxygens (including phenoxy) is 1. The van der Waals surface area contributed by atoms with Crippen molar-refractivity contribution >= 4 is 5.69 Å². The molecule has 0 aliphatic heterocycles. The Bertz CT molecular complexity index is 364. The number of benzene rings is 1. The van der Waals surface area contributed by atoms with E-state index in [-0.39, 0.29) is 0 Å². The Hall–Kier alpha value is -1.22. The van der Waals surface area contributed by atoms with E-state index in [1.165, 1.54) is 5.56 Å². The Morgan fingerprint density at radius 1 is 1.28 bits per heavy atom. The summed E-state index contributed by atoms with van der Waals surface area (Å²) >= 11 is 0. The first-order chi connectivity index (χ1) is 8.58. The maximum atomic E-state index is 5.88. The fraction of sp³-hybridized carbons (Fsp3) is 0.600. The monoisotopic (exact) mass is 250 g/mol. The molecule has 0 bridgehead atoms. The molecule has 0 heterocycles. The summed E-state index contributed by atoms with van der Waals surface area (Å²) in [5.41, 5.74) is 7.85. The van der Waals surface area contributed by atoms with Crippen molar-refractivity contribution in [1.29, 1.82) is 0 Å². The molecular weight excluding hydrogens is 224 g/mol. The third-order valence-electron chi connectivity index (χ3n) is 3.00.